The molecule has 0 N–H and O–H groups in total. The van der Waals surface area contributed by atoms with Crippen molar-refractivity contribution in [2.45, 2.75) is 36.3 Å². The van der Waals surface area contributed by atoms with Crippen LogP contribution in [0.3, 0.4) is 0 Å². The standard InChI is InChI=1S/C6H11.Ti/c1-6-4-2-3-5-6;/h2-5H2,1H3;. The molecular formula is C6H11Ti. The molecule has 0 amide bonds. The molecule has 0 unspecified atom stereocenters. The fraction of sp³-hybridized carbons (Fsp3) is 1.00. The van der Waals surface area contributed by atoms with Crippen LogP contribution in [0.15, 0.2) is 0 Å². The van der Waals surface area contributed by atoms with Gasteiger partial charge in [-0.2, -0.15) is 0 Å². The Morgan fingerprint density at radius 3 is 1.86 bits per heavy atom. The number of hydrogen-bond donors (Lipinski definition) is 0. The molecule has 0 saturated heterocycles. The van der Waals surface area contributed by atoms with Crippen molar-refractivity contribution in [1.82, 2.24) is 0 Å². The Morgan fingerprint density at radius 1 is 1.29 bits per heavy atom. The average Bonchev–Trinajstić information content (AvgIpc) is 1.84. The molecule has 39 valence electrons. The van der Waals surface area contributed by atoms with Gasteiger partial charge in [-0.1, -0.05) is 0 Å². The third-order valence-electron chi connectivity index (χ3n) is 1.71. The van der Waals surface area contributed by atoms with Crippen molar-refractivity contribution in [2.24, 2.45) is 0 Å². The van der Waals surface area contributed by atoms with E-state index in [2.05, 4.69) is 27.4 Å². The molecule has 0 bridgehead atoms. The summed E-state index contributed by atoms with van der Waals surface area (Å²) >= 11 is 2.36. The zero-order chi connectivity index (χ0) is 5.33. The van der Waals surface area contributed by atoms with E-state index in [9.17, 15) is 0 Å². The maximum absolute atomic E-state index is 2.36. The third kappa shape index (κ3) is 1.58. The SMILES string of the molecule is C[C]1([Ti])CCCC1. The van der Waals surface area contributed by atoms with Gasteiger partial charge in [0.05, 0.1) is 0 Å². The molecule has 0 aliphatic heterocycles. The molecule has 0 atom stereocenters. The Hall–Kier alpha value is 0.714. The maximum atomic E-state index is 2.36. The van der Waals surface area contributed by atoms with E-state index in [1.165, 1.54) is 25.7 Å². The Bertz CT molecular complexity index is 58.6. The summed E-state index contributed by atoms with van der Waals surface area (Å²) in [5.74, 6) is 0. The molecule has 0 aromatic rings. The normalized spacial score (nSPS) is 28.0. The second-order valence-electron chi connectivity index (χ2n) is 2.77. The van der Waals surface area contributed by atoms with Crippen LogP contribution < -0.4 is 0 Å². The van der Waals surface area contributed by atoms with Gasteiger partial charge in [0.1, 0.15) is 0 Å². The Kier molecular flexibility index (Phi) is 1.59. The van der Waals surface area contributed by atoms with Gasteiger partial charge in [-0.25, -0.2) is 0 Å². The fourth-order valence-corrected chi connectivity index (χ4v) is 1.71. The van der Waals surface area contributed by atoms with Gasteiger partial charge in [0.15, 0.2) is 0 Å². The van der Waals surface area contributed by atoms with Gasteiger partial charge in [-0.15, -0.1) is 0 Å². The quantitative estimate of drug-likeness (QED) is 0.442. The summed E-state index contributed by atoms with van der Waals surface area (Å²) in [4.78, 5) is 0. The van der Waals surface area contributed by atoms with Gasteiger partial charge in [0, 0.05) is 0 Å². The van der Waals surface area contributed by atoms with E-state index >= 15 is 0 Å². The second-order valence-corrected chi connectivity index (χ2v) is 4.65. The van der Waals surface area contributed by atoms with Gasteiger partial charge < -0.3 is 0 Å². The molecular weight excluding hydrogens is 120 g/mol. The van der Waals surface area contributed by atoms with Crippen molar-refractivity contribution >= 4 is 0 Å². The third-order valence-corrected chi connectivity index (χ3v) is 2.49. The predicted octanol–water partition coefficient (Wildman–Crippen LogP) is 2.29. The summed E-state index contributed by atoms with van der Waals surface area (Å²) in [5, 5.41) is 0. The van der Waals surface area contributed by atoms with Crippen LogP contribution in [-0.2, 0) is 20.4 Å². The Morgan fingerprint density at radius 2 is 1.71 bits per heavy atom. The summed E-state index contributed by atoms with van der Waals surface area (Å²) in [6, 6.07) is 0. The van der Waals surface area contributed by atoms with Crippen molar-refractivity contribution < 1.29 is 20.4 Å². The van der Waals surface area contributed by atoms with Crippen LogP contribution in [0.4, 0.5) is 0 Å². The Labute approximate surface area is 57.1 Å². The molecule has 1 fully saturated rings. The first-order valence-electron chi connectivity index (χ1n) is 2.96. The Balaban J connectivity index is 2.40. The number of rotatable bonds is 0. The van der Waals surface area contributed by atoms with Crippen LogP contribution in [0.5, 0.6) is 0 Å². The monoisotopic (exact) mass is 131 g/mol. The average molecular weight is 131 g/mol. The first-order chi connectivity index (χ1) is 3.21. The molecule has 0 spiro atoms. The summed E-state index contributed by atoms with van der Waals surface area (Å²) in [6.45, 7) is 2.36. The minimum atomic E-state index is 0.694. The molecule has 1 rings (SSSR count). The first-order valence-corrected chi connectivity index (χ1v) is 3.74. The summed E-state index contributed by atoms with van der Waals surface area (Å²) in [5.41, 5.74) is 0. The topological polar surface area (TPSA) is 0 Å². The summed E-state index contributed by atoms with van der Waals surface area (Å²) in [6.07, 6.45) is 5.83. The summed E-state index contributed by atoms with van der Waals surface area (Å²) in [7, 11) is 0. The molecule has 1 aliphatic carbocycles. The van der Waals surface area contributed by atoms with Crippen LogP contribution in [0.25, 0.3) is 0 Å². The van der Waals surface area contributed by atoms with Crippen molar-refractivity contribution in [2.75, 3.05) is 0 Å². The van der Waals surface area contributed by atoms with Gasteiger partial charge in [-0.3, -0.25) is 0 Å². The van der Waals surface area contributed by atoms with Crippen molar-refractivity contribution in [3.8, 4) is 0 Å². The molecule has 7 heavy (non-hydrogen) atoms. The first kappa shape index (κ1) is 5.84. The minimum absolute atomic E-state index is 0.694. The molecule has 1 saturated carbocycles. The molecule has 1 aliphatic rings. The van der Waals surface area contributed by atoms with Crippen LogP contribution in [0.2, 0.25) is 3.72 Å². The van der Waals surface area contributed by atoms with Crippen LogP contribution in [-0.4, -0.2) is 0 Å². The van der Waals surface area contributed by atoms with Gasteiger partial charge in [0.2, 0.25) is 0 Å². The van der Waals surface area contributed by atoms with Crippen molar-refractivity contribution in [3.05, 3.63) is 0 Å². The molecule has 0 aromatic carbocycles. The van der Waals surface area contributed by atoms with E-state index in [0.29, 0.717) is 3.72 Å². The fourth-order valence-electron chi connectivity index (χ4n) is 1.16. The zero-order valence-corrected chi connectivity index (χ0v) is 6.39. The van der Waals surface area contributed by atoms with E-state index < -0.39 is 0 Å². The van der Waals surface area contributed by atoms with Crippen LogP contribution >= 0.6 is 0 Å². The van der Waals surface area contributed by atoms with Crippen molar-refractivity contribution in [3.63, 3.8) is 0 Å². The van der Waals surface area contributed by atoms with E-state index in [-0.39, 0.29) is 0 Å². The molecule has 0 aromatic heterocycles. The molecule has 0 heterocycles. The van der Waals surface area contributed by atoms with Crippen LogP contribution in [0, 0.1) is 0 Å². The van der Waals surface area contributed by atoms with Crippen LogP contribution in [0.1, 0.15) is 32.6 Å². The predicted molar refractivity (Wildman–Crippen MR) is 26.8 cm³/mol. The van der Waals surface area contributed by atoms with Crippen molar-refractivity contribution in [1.29, 1.82) is 0 Å². The number of hydrogen-bond acceptors (Lipinski definition) is 0. The molecule has 0 nitrogen and oxygen atoms in total. The van der Waals surface area contributed by atoms with E-state index in [4.69, 9.17) is 0 Å². The second kappa shape index (κ2) is 1.91. The van der Waals surface area contributed by atoms with E-state index in [1.807, 2.05) is 0 Å². The van der Waals surface area contributed by atoms with Gasteiger partial charge in [-0.05, 0) is 0 Å². The molecule has 0 radical (unpaired) electrons. The summed E-state index contributed by atoms with van der Waals surface area (Å²) < 4.78 is 0.694. The zero-order valence-electron chi connectivity index (χ0n) is 4.83. The van der Waals surface area contributed by atoms with E-state index in [0.717, 1.165) is 0 Å². The van der Waals surface area contributed by atoms with Gasteiger partial charge >= 0.3 is 56.8 Å². The van der Waals surface area contributed by atoms with Gasteiger partial charge in [0.25, 0.3) is 0 Å². The van der Waals surface area contributed by atoms with E-state index in [1.54, 1.807) is 0 Å². The molecule has 1 heteroatoms.